The van der Waals surface area contributed by atoms with Crippen molar-refractivity contribution in [2.45, 2.75) is 25.8 Å². The van der Waals surface area contributed by atoms with Gasteiger partial charge >= 0.3 is 0 Å². The van der Waals surface area contributed by atoms with Gasteiger partial charge in [-0.25, -0.2) is 4.39 Å². The monoisotopic (exact) mass is 340 g/mol. The number of nitrogens with zero attached hydrogens (tertiary/aromatic N) is 1. The van der Waals surface area contributed by atoms with E-state index in [0.717, 1.165) is 0 Å². The Morgan fingerprint density at radius 1 is 1.16 bits per heavy atom. The molecule has 2 amide bonds. The predicted molar refractivity (Wildman–Crippen MR) is 92.0 cm³/mol. The summed E-state index contributed by atoms with van der Waals surface area (Å²) in [7, 11) is 0. The molecule has 5 nitrogen and oxygen atoms in total. The van der Waals surface area contributed by atoms with E-state index in [1.165, 1.54) is 36.1 Å². The zero-order valence-corrected chi connectivity index (χ0v) is 13.7. The SMILES string of the molecule is CC(=O)c1cccc(NC(=O)C2CCC(=O)N2c2ccc(F)cc2)c1. The van der Waals surface area contributed by atoms with Crippen LogP contribution in [0.5, 0.6) is 0 Å². The molecular formula is C19H17FN2O3. The number of halogens is 1. The summed E-state index contributed by atoms with van der Waals surface area (Å²) in [5.74, 6) is -1.02. The number of anilines is 2. The average Bonchev–Trinajstić information content (AvgIpc) is 2.97. The molecule has 0 radical (unpaired) electrons. The molecule has 0 spiro atoms. The van der Waals surface area contributed by atoms with Gasteiger partial charge in [0, 0.05) is 23.4 Å². The second-order valence-electron chi connectivity index (χ2n) is 5.92. The highest BCUT2D eigenvalue weighted by atomic mass is 19.1. The van der Waals surface area contributed by atoms with E-state index < -0.39 is 11.9 Å². The third-order valence-electron chi connectivity index (χ3n) is 4.16. The fraction of sp³-hybridized carbons (Fsp3) is 0.211. The van der Waals surface area contributed by atoms with E-state index in [4.69, 9.17) is 0 Å². The Balaban J connectivity index is 1.81. The van der Waals surface area contributed by atoms with Crippen molar-refractivity contribution < 1.29 is 18.8 Å². The number of nitrogens with one attached hydrogen (secondary N) is 1. The summed E-state index contributed by atoms with van der Waals surface area (Å²) in [5.41, 5.74) is 1.48. The summed E-state index contributed by atoms with van der Waals surface area (Å²) in [6.45, 7) is 1.45. The molecule has 1 heterocycles. The topological polar surface area (TPSA) is 66.5 Å². The van der Waals surface area contributed by atoms with Crippen LogP contribution < -0.4 is 10.2 Å². The minimum absolute atomic E-state index is 0.0971. The Morgan fingerprint density at radius 2 is 1.88 bits per heavy atom. The first kappa shape index (κ1) is 16.8. The second-order valence-corrected chi connectivity index (χ2v) is 5.92. The summed E-state index contributed by atoms with van der Waals surface area (Å²) in [6.07, 6.45) is 0.636. The highest BCUT2D eigenvalue weighted by molar-refractivity contribution is 6.07. The summed E-state index contributed by atoms with van der Waals surface area (Å²) in [4.78, 5) is 37.6. The fourth-order valence-corrected chi connectivity index (χ4v) is 2.90. The molecule has 128 valence electrons. The van der Waals surface area contributed by atoms with Gasteiger partial charge in [-0.15, -0.1) is 0 Å². The van der Waals surface area contributed by atoms with Crippen LogP contribution in [0.2, 0.25) is 0 Å². The molecule has 3 rings (SSSR count). The van der Waals surface area contributed by atoms with Crippen LogP contribution >= 0.6 is 0 Å². The van der Waals surface area contributed by atoms with E-state index >= 15 is 0 Å². The van der Waals surface area contributed by atoms with Gasteiger partial charge in [0.15, 0.2) is 5.78 Å². The molecule has 2 aromatic carbocycles. The number of hydrogen-bond donors (Lipinski definition) is 1. The van der Waals surface area contributed by atoms with E-state index in [9.17, 15) is 18.8 Å². The lowest BCUT2D eigenvalue weighted by Gasteiger charge is -2.24. The van der Waals surface area contributed by atoms with Crippen molar-refractivity contribution >= 4 is 29.0 Å². The Kier molecular flexibility index (Phi) is 4.61. The van der Waals surface area contributed by atoms with Crippen molar-refractivity contribution in [2.24, 2.45) is 0 Å². The van der Waals surface area contributed by atoms with Crippen LogP contribution in [0.3, 0.4) is 0 Å². The highest BCUT2D eigenvalue weighted by Crippen LogP contribution is 2.27. The normalized spacial score (nSPS) is 16.8. The smallest absolute Gasteiger partial charge is 0.247 e. The Bertz CT molecular complexity index is 833. The maximum absolute atomic E-state index is 13.1. The van der Waals surface area contributed by atoms with Crippen LogP contribution in [0.25, 0.3) is 0 Å². The quantitative estimate of drug-likeness (QED) is 0.870. The third-order valence-corrected chi connectivity index (χ3v) is 4.16. The Hall–Kier alpha value is -3.02. The van der Waals surface area contributed by atoms with Crippen LogP contribution in [-0.2, 0) is 9.59 Å². The summed E-state index contributed by atoms with van der Waals surface area (Å²) in [6, 6.07) is 11.4. The van der Waals surface area contributed by atoms with Gasteiger partial charge in [0.1, 0.15) is 11.9 Å². The molecule has 1 saturated heterocycles. The minimum atomic E-state index is -0.668. The van der Waals surface area contributed by atoms with Crippen LogP contribution in [0, 0.1) is 5.82 Å². The first-order valence-electron chi connectivity index (χ1n) is 7.95. The van der Waals surface area contributed by atoms with Gasteiger partial charge in [0.2, 0.25) is 11.8 Å². The van der Waals surface area contributed by atoms with E-state index in [1.807, 2.05) is 0 Å². The number of carbonyl (C=O) groups is 3. The summed E-state index contributed by atoms with van der Waals surface area (Å²) >= 11 is 0. The fourth-order valence-electron chi connectivity index (χ4n) is 2.90. The van der Waals surface area contributed by atoms with Crippen molar-refractivity contribution in [3.05, 3.63) is 59.9 Å². The summed E-state index contributed by atoms with van der Waals surface area (Å²) in [5, 5.41) is 2.75. The first-order valence-corrected chi connectivity index (χ1v) is 7.95. The molecule has 1 N–H and O–H groups in total. The van der Waals surface area contributed by atoms with E-state index in [1.54, 1.807) is 24.3 Å². The average molecular weight is 340 g/mol. The number of Topliss-reactive ketones (excluding diaryl/α,β-unsaturated/α-hetero) is 1. The molecule has 6 heteroatoms. The second kappa shape index (κ2) is 6.84. The molecule has 0 aromatic heterocycles. The number of amides is 2. The number of rotatable bonds is 4. The van der Waals surface area contributed by atoms with Gasteiger partial charge in [0.25, 0.3) is 0 Å². The van der Waals surface area contributed by atoms with Gasteiger partial charge in [-0.05, 0) is 49.7 Å². The largest absolute Gasteiger partial charge is 0.324 e. The zero-order chi connectivity index (χ0) is 18.0. The van der Waals surface area contributed by atoms with Gasteiger partial charge in [0.05, 0.1) is 0 Å². The first-order chi connectivity index (χ1) is 12.0. The van der Waals surface area contributed by atoms with Crippen LogP contribution in [-0.4, -0.2) is 23.6 Å². The van der Waals surface area contributed by atoms with Crippen molar-refractivity contribution in [3.8, 4) is 0 Å². The third kappa shape index (κ3) is 3.57. The van der Waals surface area contributed by atoms with Crippen molar-refractivity contribution in [1.29, 1.82) is 0 Å². The van der Waals surface area contributed by atoms with Crippen LogP contribution in [0.4, 0.5) is 15.8 Å². The predicted octanol–water partition coefficient (Wildman–Crippen LogP) is 3.16. The van der Waals surface area contributed by atoms with Gasteiger partial charge in [-0.1, -0.05) is 12.1 Å². The molecule has 1 aliphatic rings. The molecule has 1 fully saturated rings. The maximum Gasteiger partial charge on any atom is 0.247 e. The highest BCUT2D eigenvalue weighted by Gasteiger charge is 2.37. The number of hydrogen-bond acceptors (Lipinski definition) is 3. The molecule has 1 atom stereocenters. The van der Waals surface area contributed by atoms with Crippen molar-refractivity contribution in [2.75, 3.05) is 10.2 Å². The standard InChI is InChI=1S/C19H17FN2O3/c1-12(23)13-3-2-4-15(11-13)21-19(25)17-9-10-18(24)22(17)16-7-5-14(20)6-8-16/h2-8,11,17H,9-10H2,1H3,(H,21,25). The molecule has 25 heavy (non-hydrogen) atoms. The molecule has 1 unspecified atom stereocenters. The van der Waals surface area contributed by atoms with E-state index in [2.05, 4.69) is 5.32 Å². The lowest BCUT2D eigenvalue weighted by atomic mass is 10.1. The number of benzene rings is 2. The van der Waals surface area contributed by atoms with Gasteiger partial charge in [-0.3, -0.25) is 19.3 Å². The lowest BCUT2D eigenvalue weighted by molar-refractivity contribution is -0.120. The van der Waals surface area contributed by atoms with Crippen molar-refractivity contribution in [3.63, 3.8) is 0 Å². The van der Waals surface area contributed by atoms with Crippen LogP contribution in [0.15, 0.2) is 48.5 Å². The molecule has 2 aromatic rings. The number of carbonyl (C=O) groups excluding carboxylic acids is 3. The Morgan fingerprint density at radius 3 is 2.56 bits per heavy atom. The molecular weight excluding hydrogens is 323 g/mol. The minimum Gasteiger partial charge on any atom is -0.324 e. The molecule has 0 saturated carbocycles. The molecule has 1 aliphatic heterocycles. The van der Waals surface area contributed by atoms with E-state index in [0.29, 0.717) is 23.4 Å². The molecule has 0 bridgehead atoms. The van der Waals surface area contributed by atoms with Crippen LogP contribution in [0.1, 0.15) is 30.1 Å². The maximum atomic E-state index is 13.1. The Labute approximate surface area is 144 Å². The summed E-state index contributed by atoms with van der Waals surface area (Å²) < 4.78 is 13.1. The van der Waals surface area contributed by atoms with Gasteiger partial charge in [-0.2, -0.15) is 0 Å². The molecule has 0 aliphatic carbocycles. The lowest BCUT2D eigenvalue weighted by Crippen LogP contribution is -2.41. The van der Waals surface area contributed by atoms with E-state index in [-0.39, 0.29) is 24.0 Å². The zero-order valence-electron chi connectivity index (χ0n) is 13.7. The van der Waals surface area contributed by atoms with Gasteiger partial charge < -0.3 is 5.32 Å². The van der Waals surface area contributed by atoms with Crippen molar-refractivity contribution in [1.82, 2.24) is 0 Å². The number of ketones is 1.